The molecule has 0 aromatic heterocycles. The normalized spacial score (nSPS) is 11.5. The van der Waals surface area contributed by atoms with Gasteiger partial charge in [0.1, 0.15) is 0 Å². The van der Waals surface area contributed by atoms with Gasteiger partial charge >= 0.3 is 0 Å². The Morgan fingerprint density at radius 1 is 0.333 bits per heavy atom. The highest BCUT2D eigenvalue weighted by Crippen LogP contribution is 2.18. The van der Waals surface area contributed by atoms with Crippen LogP contribution in [0.25, 0.3) is 0 Å². The van der Waals surface area contributed by atoms with Crippen LogP contribution in [0, 0.1) is 0 Å². The van der Waals surface area contributed by atoms with Crippen LogP contribution in [0.3, 0.4) is 0 Å². The third-order valence-corrected chi connectivity index (χ3v) is 10.8. The van der Waals surface area contributed by atoms with E-state index < -0.39 is 0 Å². The summed E-state index contributed by atoms with van der Waals surface area (Å²) < 4.78 is 5.88. The molecule has 0 aliphatic heterocycles. The second kappa shape index (κ2) is 41.7. The second-order valence-electron chi connectivity index (χ2n) is 15.9. The largest absolute Gasteiger partial charge is 0.381 e. The standard InChI is InChI=1S/C48H91NO2/c1-3-5-7-9-11-13-15-22-26-30-34-41-47-51-49(48-42-36-35-37-43-48)44-38-31-27-23-20-18-16-17-19-21-25-29-33-40-46-50-45-39-32-28-24-14-12-10-8-6-4-2/h35-37,42-43H,3-34,38-41,44-47H2,1-2H3. The van der Waals surface area contributed by atoms with Gasteiger partial charge < -0.3 is 4.74 Å². The van der Waals surface area contributed by atoms with Crippen LogP contribution in [0.15, 0.2) is 30.3 Å². The molecule has 0 N–H and O–H groups in total. The van der Waals surface area contributed by atoms with E-state index in [9.17, 15) is 0 Å². The molecule has 0 aliphatic rings. The van der Waals surface area contributed by atoms with Crippen molar-refractivity contribution >= 4 is 5.69 Å². The molecule has 0 atom stereocenters. The van der Waals surface area contributed by atoms with Gasteiger partial charge in [-0.3, -0.25) is 9.90 Å². The molecule has 0 unspecified atom stereocenters. The number of nitrogens with zero attached hydrogens (tertiary/aromatic N) is 1. The lowest BCUT2D eigenvalue weighted by Gasteiger charge is -2.24. The molecule has 0 aliphatic carbocycles. The quantitative estimate of drug-likeness (QED) is 0.0497. The number of benzene rings is 1. The summed E-state index contributed by atoms with van der Waals surface area (Å²) in [5.41, 5.74) is 1.21. The third-order valence-electron chi connectivity index (χ3n) is 10.8. The maximum Gasteiger partial charge on any atom is 0.0748 e. The Kier molecular flexibility index (Phi) is 39.2. The first-order valence-corrected chi connectivity index (χ1v) is 23.4. The van der Waals surface area contributed by atoms with Crippen molar-refractivity contribution in [2.75, 3.05) is 31.4 Å². The molecule has 0 saturated heterocycles. The summed E-state index contributed by atoms with van der Waals surface area (Å²) in [7, 11) is 0. The molecule has 1 aromatic rings. The maximum atomic E-state index is 6.31. The van der Waals surface area contributed by atoms with Crippen LogP contribution in [-0.4, -0.2) is 26.4 Å². The first kappa shape index (κ1) is 48.0. The number of rotatable bonds is 43. The Hall–Kier alpha value is -1.06. The van der Waals surface area contributed by atoms with Gasteiger partial charge in [0, 0.05) is 19.8 Å². The molecule has 0 spiro atoms. The van der Waals surface area contributed by atoms with Crippen molar-refractivity contribution in [1.82, 2.24) is 0 Å². The van der Waals surface area contributed by atoms with Gasteiger partial charge in [0.15, 0.2) is 0 Å². The number of para-hydroxylation sites is 1. The minimum atomic E-state index is 0.848. The first-order chi connectivity index (χ1) is 25.4. The Bertz CT molecular complexity index is 755. The number of hydrogen-bond donors (Lipinski definition) is 0. The van der Waals surface area contributed by atoms with E-state index >= 15 is 0 Å². The smallest absolute Gasteiger partial charge is 0.0748 e. The Balaban J connectivity index is 1.85. The van der Waals surface area contributed by atoms with Gasteiger partial charge in [-0.05, 0) is 37.8 Å². The molecule has 3 heteroatoms. The van der Waals surface area contributed by atoms with E-state index in [1.165, 1.54) is 237 Å². The predicted molar refractivity (Wildman–Crippen MR) is 228 cm³/mol. The zero-order valence-corrected chi connectivity index (χ0v) is 34.9. The summed E-state index contributed by atoms with van der Waals surface area (Å²) in [5.74, 6) is 0. The van der Waals surface area contributed by atoms with Gasteiger partial charge in [-0.1, -0.05) is 238 Å². The minimum absolute atomic E-state index is 0.848. The molecular weight excluding hydrogens is 623 g/mol. The summed E-state index contributed by atoms with van der Waals surface area (Å²) in [5, 5.41) is 2.17. The van der Waals surface area contributed by atoms with E-state index in [4.69, 9.17) is 9.57 Å². The van der Waals surface area contributed by atoms with Crippen molar-refractivity contribution in [3.8, 4) is 0 Å². The number of ether oxygens (including phenoxy) is 1. The van der Waals surface area contributed by atoms with E-state index in [1.54, 1.807) is 0 Å². The summed E-state index contributed by atoms with van der Waals surface area (Å²) in [6.07, 6.45) is 49.9. The molecule has 1 aromatic carbocycles. The van der Waals surface area contributed by atoms with E-state index in [2.05, 4.69) is 49.2 Å². The molecule has 0 radical (unpaired) electrons. The molecule has 0 fully saturated rings. The van der Waals surface area contributed by atoms with E-state index in [0.717, 1.165) is 26.4 Å². The van der Waals surface area contributed by atoms with Crippen LogP contribution in [0.5, 0.6) is 0 Å². The predicted octanol–water partition coefficient (Wildman–Crippen LogP) is 16.5. The molecular formula is C48H91NO2. The van der Waals surface area contributed by atoms with Crippen LogP contribution in [0.1, 0.15) is 245 Å². The topological polar surface area (TPSA) is 21.7 Å². The highest BCUT2D eigenvalue weighted by molar-refractivity contribution is 5.43. The monoisotopic (exact) mass is 714 g/mol. The van der Waals surface area contributed by atoms with Gasteiger partial charge in [-0.2, -0.15) is 0 Å². The van der Waals surface area contributed by atoms with Crippen molar-refractivity contribution in [2.24, 2.45) is 0 Å². The molecule has 1 rings (SSSR count). The zero-order valence-electron chi connectivity index (χ0n) is 34.9. The molecule has 0 amide bonds. The van der Waals surface area contributed by atoms with E-state index in [0.29, 0.717) is 0 Å². The van der Waals surface area contributed by atoms with Crippen LogP contribution < -0.4 is 5.06 Å². The van der Waals surface area contributed by atoms with E-state index in [1.807, 2.05) is 0 Å². The zero-order chi connectivity index (χ0) is 36.4. The molecule has 300 valence electrons. The highest BCUT2D eigenvalue weighted by atomic mass is 16.7. The average molecular weight is 714 g/mol. The van der Waals surface area contributed by atoms with Gasteiger partial charge in [-0.15, -0.1) is 0 Å². The van der Waals surface area contributed by atoms with Crippen molar-refractivity contribution < 1.29 is 9.57 Å². The van der Waals surface area contributed by atoms with Crippen LogP contribution in [-0.2, 0) is 9.57 Å². The fourth-order valence-electron chi connectivity index (χ4n) is 7.35. The number of hydroxylamine groups is 1. The van der Waals surface area contributed by atoms with E-state index in [-0.39, 0.29) is 0 Å². The average Bonchev–Trinajstić information content (AvgIpc) is 3.15. The third kappa shape index (κ3) is 35.7. The summed E-state index contributed by atoms with van der Waals surface area (Å²) in [6.45, 7) is 8.42. The van der Waals surface area contributed by atoms with Gasteiger partial charge in [0.2, 0.25) is 0 Å². The lowest BCUT2D eigenvalue weighted by molar-refractivity contribution is 0.103. The van der Waals surface area contributed by atoms with Gasteiger partial charge in [0.25, 0.3) is 0 Å². The van der Waals surface area contributed by atoms with Crippen LogP contribution in [0.2, 0.25) is 0 Å². The molecule has 0 saturated carbocycles. The Labute approximate surface area is 321 Å². The fraction of sp³-hybridized carbons (Fsp3) is 0.875. The Morgan fingerprint density at radius 2 is 0.627 bits per heavy atom. The molecule has 51 heavy (non-hydrogen) atoms. The SMILES string of the molecule is CCCCCCCCCCCCCCON(CCCCCCCCCCCCCCCCOCCCCCCCCCCCC)c1ccccc1. The highest BCUT2D eigenvalue weighted by Gasteiger charge is 2.07. The van der Waals surface area contributed by atoms with Gasteiger partial charge in [-0.25, -0.2) is 0 Å². The number of anilines is 1. The number of unbranched alkanes of at least 4 members (excludes halogenated alkanes) is 33. The first-order valence-electron chi connectivity index (χ1n) is 23.4. The second-order valence-corrected chi connectivity index (χ2v) is 15.9. The molecule has 0 heterocycles. The van der Waals surface area contributed by atoms with Crippen molar-refractivity contribution in [2.45, 2.75) is 245 Å². The lowest BCUT2D eigenvalue weighted by atomic mass is 10.0. The summed E-state index contributed by atoms with van der Waals surface area (Å²) in [6, 6.07) is 10.8. The van der Waals surface area contributed by atoms with Gasteiger partial charge in [0.05, 0.1) is 12.3 Å². The minimum Gasteiger partial charge on any atom is -0.381 e. The maximum absolute atomic E-state index is 6.31. The van der Waals surface area contributed by atoms with Crippen LogP contribution >= 0.6 is 0 Å². The summed E-state index contributed by atoms with van der Waals surface area (Å²) in [4.78, 5) is 6.31. The number of hydrogen-bond acceptors (Lipinski definition) is 3. The van der Waals surface area contributed by atoms with Crippen LogP contribution in [0.4, 0.5) is 5.69 Å². The molecule has 3 nitrogen and oxygen atoms in total. The molecule has 0 bridgehead atoms. The van der Waals surface area contributed by atoms with Crippen molar-refractivity contribution in [1.29, 1.82) is 0 Å². The van der Waals surface area contributed by atoms with Crippen molar-refractivity contribution in [3.05, 3.63) is 30.3 Å². The van der Waals surface area contributed by atoms with Crippen molar-refractivity contribution in [3.63, 3.8) is 0 Å². The Morgan fingerprint density at radius 3 is 0.980 bits per heavy atom. The lowest BCUT2D eigenvalue weighted by Crippen LogP contribution is -2.25. The fourth-order valence-corrected chi connectivity index (χ4v) is 7.35. The summed E-state index contributed by atoms with van der Waals surface area (Å²) >= 11 is 0.